The Bertz CT molecular complexity index is 741. The molecule has 0 aliphatic heterocycles. The van der Waals surface area contributed by atoms with E-state index >= 15 is 0 Å². The highest BCUT2D eigenvalue weighted by Gasteiger charge is 2.18. The van der Waals surface area contributed by atoms with Gasteiger partial charge in [-0.05, 0) is 31.5 Å². The quantitative estimate of drug-likeness (QED) is 0.856. The number of rotatable bonds is 5. The number of carbonyl (C=O) groups is 2. The summed E-state index contributed by atoms with van der Waals surface area (Å²) < 4.78 is 15.3. The first kappa shape index (κ1) is 16.6. The molecule has 0 aliphatic rings. The van der Waals surface area contributed by atoms with Crippen LogP contribution in [0.5, 0.6) is 0 Å². The van der Waals surface area contributed by atoms with Crippen LogP contribution in [0, 0.1) is 19.7 Å². The van der Waals surface area contributed by atoms with Gasteiger partial charge >= 0.3 is 0 Å². The third-order valence-electron chi connectivity index (χ3n) is 3.36. The number of nitrogens with one attached hydrogen (secondary N) is 2. The molecule has 2 amide bonds. The maximum Gasteiger partial charge on any atom is 0.273 e. The van der Waals surface area contributed by atoms with Crippen molar-refractivity contribution in [2.75, 3.05) is 13.6 Å². The van der Waals surface area contributed by atoms with Crippen molar-refractivity contribution in [1.82, 2.24) is 25.6 Å². The molecular formula is C15H18FN5O2. The molecule has 2 N–H and O–H groups in total. The molecule has 0 bridgehead atoms. The van der Waals surface area contributed by atoms with Crippen LogP contribution in [0.15, 0.2) is 18.2 Å². The van der Waals surface area contributed by atoms with Crippen molar-refractivity contribution >= 4 is 11.8 Å². The summed E-state index contributed by atoms with van der Waals surface area (Å²) in [5.74, 6) is -1.07. The molecule has 0 spiro atoms. The van der Waals surface area contributed by atoms with Crippen LogP contribution >= 0.6 is 0 Å². The van der Waals surface area contributed by atoms with Crippen molar-refractivity contribution in [3.8, 4) is 5.69 Å². The Balaban J connectivity index is 2.15. The van der Waals surface area contributed by atoms with Crippen LogP contribution in [0.25, 0.3) is 5.69 Å². The summed E-state index contributed by atoms with van der Waals surface area (Å²) >= 11 is 0. The van der Waals surface area contributed by atoms with E-state index in [4.69, 9.17) is 0 Å². The third kappa shape index (κ3) is 3.71. The first-order chi connectivity index (χ1) is 10.9. The molecule has 0 aliphatic carbocycles. The van der Waals surface area contributed by atoms with Gasteiger partial charge in [0, 0.05) is 20.0 Å². The highest BCUT2D eigenvalue weighted by Crippen LogP contribution is 2.17. The number of nitrogens with zero attached hydrogens (tertiary/aromatic N) is 3. The van der Waals surface area contributed by atoms with E-state index in [1.165, 1.54) is 17.8 Å². The summed E-state index contributed by atoms with van der Waals surface area (Å²) in [6.45, 7) is 3.60. The molecule has 2 aromatic rings. The molecule has 0 saturated carbocycles. The summed E-state index contributed by atoms with van der Waals surface area (Å²) in [5, 5.41) is 12.7. The second-order valence-electron chi connectivity index (χ2n) is 5.07. The Hall–Kier alpha value is -2.77. The molecule has 0 unspecified atom stereocenters. The molecule has 1 aromatic heterocycles. The van der Waals surface area contributed by atoms with Crippen LogP contribution in [-0.4, -0.2) is 40.4 Å². The van der Waals surface area contributed by atoms with Crippen LogP contribution in [0.4, 0.5) is 4.39 Å². The molecule has 1 aromatic carbocycles. The molecule has 2 rings (SSSR count). The molecule has 0 radical (unpaired) electrons. The van der Waals surface area contributed by atoms with Crippen LogP contribution < -0.4 is 10.6 Å². The number of hydrogen-bond donors (Lipinski definition) is 2. The average molecular weight is 319 g/mol. The Morgan fingerprint density at radius 3 is 2.70 bits per heavy atom. The van der Waals surface area contributed by atoms with E-state index < -0.39 is 11.7 Å². The Labute approximate surface area is 132 Å². The van der Waals surface area contributed by atoms with Gasteiger partial charge in [0.05, 0.1) is 5.69 Å². The number of hydrogen-bond acceptors (Lipinski definition) is 4. The topological polar surface area (TPSA) is 88.9 Å². The zero-order chi connectivity index (χ0) is 17.0. The predicted molar refractivity (Wildman–Crippen MR) is 81.8 cm³/mol. The summed E-state index contributed by atoms with van der Waals surface area (Å²) in [6, 6.07) is 4.72. The number of amides is 2. The highest BCUT2D eigenvalue weighted by atomic mass is 19.1. The molecule has 122 valence electrons. The van der Waals surface area contributed by atoms with Gasteiger partial charge in [0.25, 0.3) is 5.91 Å². The lowest BCUT2D eigenvalue weighted by atomic mass is 10.2. The lowest BCUT2D eigenvalue weighted by molar-refractivity contribution is -0.120. The Morgan fingerprint density at radius 2 is 2.04 bits per heavy atom. The van der Waals surface area contributed by atoms with Crippen molar-refractivity contribution in [1.29, 1.82) is 0 Å². The number of carbonyl (C=O) groups excluding carboxylic acids is 2. The van der Waals surface area contributed by atoms with E-state index in [0.717, 1.165) is 5.56 Å². The number of halogens is 1. The lowest BCUT2D eigenvalue weighted by Crippen LogP contribution is -2.29. The van der Waals surface area contributed by atoms with Crippen LogP contribution in [0.1, 0.15) is 28.2 Å². The van der Waals surface area contributed by atoms with Crippen LogP contribution in [0.2, 0.25) is 0 Å². The minimum absolute atomic E-state index is 0.0990. The average Bonchev–Trinajstić information content (AvgIpc) is 2.88. The van der Waals surface area contributed by atoms with E-state index in [9.17, 15) is 14.0 Å². The molecule has 8 heteroatoms. The smallest absolute Gasteiger partial charge is 0.273 e. The van der Waals surface area contributed by atoms with Gasteiger partial charge in [0.15, 0.2) is 5.69 Å². The van der Waals surface area contributed by atoms with E-state index in [1.807, 2.05) is 0 Å². The highest BCUT2D eigenvalue weighted by molar-refractivity contribution is 5.93. The minimum Gasteiger partial charge on any atom is -0.359 e. The van der Waals surface area contributed by atoms with Gasteiger partial charge in [-0.1, -0.05) is 11.3 Å². The molecule has 23 heavy (non-hydrogen) atoms. The zero-order valence-electron chi connectivity index (χ0n) is 13.2. The standard InChI is InChI=1S/C15H18FN5O2/c1-9-4-5-12(11(16)8-9)21-10(2)14(19-20-21)15(23)18-7-6-13(22)17-3/h4-5,8H,6-7H2,1-3H3,(H,17,22)(H,18,23). The minimum atomic E-state index is -0.454. The third-order valence-corrected chi connectivity index (χ3v) is 3.36. The predicted octanol–water partition coefficient (Wildman–Crippen LogP) is 0.889. The van der Waals surface area contributed by atoms with Gasteiger partial charge < -0.3 is 10.6 Å². The van der Waals surface area contributed by atoms with Crippen molar-refractivity contribution in [2.45, 2.75) is 20.3 Å². The molecule has 0 atom stereocenters. The number of aromatic nitrogens is 3. The summed E-state index contributed by atoms with van der Waals surface area (Å²) in [5.41, 5.74) is 1.54. The van der Waals surface area contributed by atoms with Gasteiger partial charge in [-0.2, -0.15) is 0 Å². The monoisotopic (exact) mass is 319 g/mol. The lowest BCUT2D eigenvalue weighted by Gasteiger charge is -2.06. The summed E-state index contributed by atoms with van der Waals surface area (Å²) in [6.07, 6.45) is 0.169. The second-order valence-corrected chi connectivity index (χ2v) is 5.07. The van der Waals surface area contributed by atoms with Crippen LogP contribution in [-0.2, 0) is 4.79 Å². The number of aryl methyl sites for hydroxylation is 1. The first-order valence-corrected chi connectivity index (χ1v) is 7.11. The van der Waals surface area contributed by atoms with Gasteiger partial charge in [-0.25, -0.2) is 9.07 Å². The molecule has 1 heterocycles. The van der Waals surface area contributed by atoms with Gasteiger partial charge in [0.1, 0.15) is 11.5 Å². The summed E-state index contributed by atoms with van der Waals surface area (Å²) in [7, 11) is 1.52. The molecular weight excluding hydrogens is 301 g/mol. The fourth-order valence-corrected chi connectivity index (χ4v) is 2.05. The fourth-order valence-electron chi connectivity index (χ4n) is 2.05. The van der Waals surface area contributed by atoms with Crippen molar-refractivity contribution in [3.63, 3.8) is 0 Å². The normalized spacial score (nSPS) is 10.4. The largest absolute Gasteiger partial charge is 0.359 e. The SMILES string of the molecule is CNC(=O)CCNC(=O)c1nnn(-c2ccc(C)cc2F)c1C. The van der Waals surface area contributed by atoms with Gasteiger partial charge in [0.2, 0.25) is 5.91 Å². The molecule has 7 nitrogen and oxygen atoms in total. The maximum absolute atomic E-state index is 14.0. The van der Waals surface area contributed by atoms with E-state index in [-0.39, 0.29) is 30.3 Å². The van der Waals surface area contributed by atoms with Crippen LogP contribution in [0.3, 0.4) is 0 Å². The molecule has 0 fully saturated rings. The first-order valence-electron chi connectivity index (χ1n) is 7.11. The Kier molecular flexibility index (Phi) is 5.05. The molecule has 0 saturated heterocycles. The van der Waals surface area contributed by atoms with E-state index in [0.29, 0.717) is 5.69 Å². The zero-order valence-corrected chi connectivity index (χ0v) is 13.2. The van der Waals surface area contributed by atoms with Crippen molar-refractivity contribution < 1.29 is 14.0 Å². The second kappa shape index (κ2) is 6.99. The van der Waals surface area contributed by atoms with Crippen molar-refractivity contribution in [3.05, 3.63) is 41.0 Å². The van der Waals surface area contributed by atoms with E-state index in [2.05, 4.69) is 20.9 Å². The Morgan fingerprint density at radius 1 is 1.30 bits per heavy atom. The summed E-state index contributed by atoms with van der Waals surface area (Å²) in [4.78, 5) is 23.2. The number of benzene rings is 1. The fraction of sp³-hybridized carbons (Fsp3) is 0.333. The maximum atomic E-state index is 14.0. The van der Waals surface area contributed by atoms with E-state index in [1.54, 1.807) is 26.0 Å². The van der Waals surface area contributed by atoms with Gasteiger partial charge in [-0.3, -0.25) is 9.59 Å². The van der Waals surface area contributed by atoms with Crippen molar-refractivity contribution in [2.24, 2.45) is 0 Å². The van der Waals surface area contributed by atoms with Gasteiger partial charge in [-0.15, -0.1) is 5.10 Å².